The van der Waals surface area contributed by atoms with Gasteiger partial charge in [0.05, 0.1) is 13.2 Å². The van der Waals surface area contributed by atoms with Crippen molar-refractivity contribution in [1.82, 2.24) is 0 Å². The Hall–Kier alpha value is -3.02. The smallest absolute Gasteiger partial charge is 0.314 e. The zero-order valence-electron chi connectivity index (χ0n) is 17.8. The fourth-order valence-corrected chi connectivity index (χ4v) is 4.43. The lowest BCUT2D eigenvalue weighted by molar-refractivity contribution is -0.133. The average molecular weight is 408 g/mol. The van der Waals surface area contributed by atoms with Crippen molar-refractivity contribution in [3.63, 3.8) is 0 Å². The molecular formula is C24H28N2O4. The van der Waals surface area contributed by atoms with Crippen LogP contribution in [-0.4, -0.2) is 25.0 Å². The normalized spacial score (nSPS) is 14.3. The van der Waals surface area contributed by atoms with Gasteiger partial charge < -0.3 is 20.1 Å². The number of methoxy groups -OCH3 is 1. The number of nitrogens with one attached hydrogen (secondary N) is 2. The van der Waals surface area contributed by atoms with E-state index in [0.29, 0.717) is 17.2 Å². The summed E-state index contributed by atoms with van der Waals surface area (Å²) in [6.07, 6.45) is 6.15. The van der Waals surface area contributed by atoms with Crippen molar-refractivity contribution in [3.8, 4) is 11.5 Å². The first-order valence-corrected chi connectivity index (χ1v) is 10.6. The van der Waals surface area contributed by atoms with E-state index >= 15 is 0 Å². The maximum atomic E-state index is 12.7. The Morgan fingerprint density at radius 1 is 0.833 bits per heavy atom. The van der Waals surface area contributed by atoms with Gasteiger partial charge in [-0.2, -0.15) is 0 Å². The number of hydrogen-bond acceptors (Lipinski definition) is 4. The van der Waals surface area contributed by atoms with Gasteiger partial charge in [0.1, 0.15) is 11.5 Å². The number of ether oxygens (including phenoxy) is 2. The highest BCUT2D eigenvalue weighted by Crippen LogP contribution is 2.38. The van der Waals surface area contributed by atoms with Crippen molar-refractivity contribution >= 4 is 23.2 Å². The van der Waals surface area contributed by atoms with Crippen LogP contribution in [0.5, 0.6) is 11.5 Å². The van der Waals surface area contributed by atoms with Gasteiger partial charge in [0.15, 0.2) is 0 Å². The summed E-state index contributed by atoms with van der Waals surface area (Å²) >= 11 is 0. The number of hydrogen-bond donors (Lipinski definition) is 2. The van der Waals surface area contributed by atoms with Gasteiger partial charge in [-0.1, -0.05) is 6.07 Å². The van der Waals surface area contributed by atoms with E-state index in [0.717, 1.165) is 44.2 Å². The molecule has 0 bridgehead atoms. The average Bonchev–Trinajstić information content (AvgIpc) is 3.36. The third kappa shape index (κ3) is 4.13. The number of carbonyl (C=O) groups excluding carboxylic acids is 2. The van der Waals surface area contributed by atoms with E-state index in [1.807, 2.05) is 13.8 Å². The monoisotopic (exact) mass is 408 g/mol. The highest BCUT2D eigenvalue weighted by atomic mass is 16.5. The summed E-state index contributed by atoms with van der Waals surface area (Å²) in [5, 5.41) is 5.60. The second kappa shape index (κ2) is 8.38. The van der Waals surface area contributed by atoms with Crippen LogP contribution in [0.2, 0.25) is 0 Å². The van der Waals surface area contributed by atoms with Gasteiger partial charge in [-0.05, 0) is 74.6 Å². The Kier molecular flexibility index (Phi) is 5.66. The number of fused-ring (bicyclic) bond motifs is 2. The summed E-state index contributed by atoms with van der Waals surface area (Å²) in [7, 11) is 1.54. The van der Waals surface area contributed by atoms with Crippen LogP contribution in [0.3, 0.4) is 0 Å². The molecule has 0 aliphatic heterocycles. The SMILES string of the molecule is COc1cc(NC(=O)C(=O)Nc2c3c(cc4c2CCC4)CCC3)cc(OC(C)C)c1. The molecule has 6 nitrogen and oxygen atoms in total. The number of anilines is 2. The first kappa shape index (κ1) is 20.3. The molecule has 2 aromatic rings. The molecule has 0 aromatic heterocycles. The molecule has 0 unspecified atom stereocenters. The molecule has 0 spiro atoms. The van der Waals surface area contributed by atoms with Gasteiger partial charge in [0.25, 0.3) is 0 Å². The van der Waals surface area contributed by atoms with Gasteiger partial charge in [0, 0.05) is 29.6 Å². The Morgan fingerprint density at radius 2 is 1.43 bits per heavy atom. The third-order valence-corrected chi connectivity index (χ3v) is 5.66. The number of rotatable bonds is 5. The van der Waals surface area contributed by atoms with E-state index in [2.05, 4.69) is 16.7 Å². The molecule has 2 amide bonds. The topological polar surface area (TPSA) is 76.7 Å². The molecule has 0 atom stereocenters. The number of amides is 2. The summed E-state index contributed by atoms with van der Waals surface area (Å²) in [6.45, 7) is 3.84. The highest BCUT2D eigenvalue weighted by molar-refractivity contribution is 6.43. The lowest BCUT2D eigenvalue weighted by atomic mass is 9.98. The summed E-state index contributed by atoms with van der Waals surface area (Å²) < 4.78 is 11.0. The van der Waals surface area contributed by atoms with E-state index in [1.165, 1.54) is 22.3 Å². The number of aryl methyl sites for hydroxylation is 2. The minimum atomic E-state index is -0.707. The Morgan fingerprint density at radius 3 is 2.03 bits per heavy atom. The quantitative estimate of drug-likeness (QED) is 0.732. The van der Waals surface area contributed by atoms with Crippen LogP contribution in [0.4, 0.5) is 11.4 Å². The summed E-state index contributed by atoms with van der Waals surface area (Å²) in [6, 6.07) is 7.39. The summed E-state index contributed by atoms with van der Waals surface area (Å²) in [5.74, 6) is -0.249. The van der Waals surface area contributed by atoms with E-state index in [9.17, 15) is 9.59 Å². The van der Waals surface area contributed by atoms with Crippen molar-refractivity contribution in [3.05, 3.63) is 46.5 Å². The highest BCUT2D eigenvalue weighted by Gasteiger charge is 2.26. The van der Waals surface area contributed by atoms with Gasteiger partial charge in [0.2, 0.25) is 0 Å². The van der Waals surface area contributed by atoms with Gasteiger partial charge >= 0.3 is 11.8 Å². The molecule has 158 valence electrons. The van der Waals surface area contributed by atoms with E-state index in [1.54, 1.807) is 25.3 Å². The Labute approximate surface area is 177 Å². The molecule has 30 heavy (non-hydrogen) atoms. The van der Waals surface area contributed by atoms with Crippen molar-refractivity contribution in [2.45, 2.75) is 58.5 Å². The van der Waals surface area contributed by atoms with Crippen molar-refractivity contribution in [2.75, 3.05) is 17.7 Å². The molecule has 0 fully saturated rings. The summed E-state index contributed by atoms with van der Waals surface area (Å²) in [4.78, 5) is 25.4. The van der Waals surface area contributed by atoms with Crippen molar-refractivity contribution < 1.29 is 19.1 Å². The van der Waals surface area contributed by atoms with Crippen LogP contribution in [0.1, 0.15) is 48.9 Å². The fourth-order valence-electron chi connectivity index (χ4n) is 4.43. The first-order chi connectivity index (χ1) is 14.4. The number of benzene rings is 2. The molecule has 0 radical (unpaired) electrons. The van der Waals surface area contributed by atoms with E-state index in [4.69, 9.17) is 9.47 Å². The Balaban J connectivity index is 1.53. The van der Waals surface area contributed by atoms with Crippen LogP contribution >= 0.6 is 0 Å². The fraction of sp³-hybridized carbons (Fsp3) is 0.417. The Bertz CT molecular complexity index is 965. The van der Waals surface area contributed by atoms with Crippen LogP contribution in [0.15, 0.2) is 24.3 Å². The largest absolute Gasteiger partial charge is 0.497 e. The van der Waals surface area contributed by atoms with Crippen molar-refractivity contribution in [2.24, 2.45) is 0 Å². The van der Waals surface area contributed by atoms with Crippen LogP contribution in [-0.2, 0) is 35.3 Å². The zero-order chi connectivity index (χ0) is 21.3. The zero-order valence-corrected chi connectivity index (χ0v) is 17.8. The predicted octanol–water partition coefficient (Wildman–Crippen LogP) is 4.04. The van der Waals surface area contributed by atoms with Gasteiger partial charge in [-0.25, -0.2) is 0 Å². The molecule has 4 rings (SSSR count). The molecule has 6 heteroatoms. The molecule has 2 aliphatic rings. The van der Waals surface area contributed by atoms with Gasteiger partial charge in [-0.15, -0.1) is 0 Å². The van der Waals surface area contributed by atoms with E-state index < -0.39 is 11.8 Å². The molecule has 0 saturated heterocycles. The van der Waals surface area contributed by atoms with Crippen LogP contribution in [0.25, 0.3) is 0 Å². The summed E-state index contributed by atoms with van der Waals surface area (Å²) in [5.41, 5.74) is 6.35. The lowest BCUT2D eigenvalue weighted by Gasteiger charge is -2.16. The maximum absolute atomic E-state index is 12.7. The minimum absolute atomic E-state index is 0.0220. The van der Waals surface area contributed by atoms with Crippen LogP contribution in [0, 0.1) is 0 Å². The molecule has 2 aliphatic carbocycles. The second-order valence-electron chi connectivity index (χ2n) is 8.21. The standard InChI is InChI=1S/C24H28N2O4/c1-14(2)30-19-12-17(11-18(13-19)29-3)25-23(27)24(28)26-22-20-8-4-6-15(20)10-16-7-5-9-21(16)22/h10-14H,4-9H2,1-3H3,(H,25,27)(H,26,28). The molecule has 0 saturated carbocycles. The first-order valence-electron chi connectivity index (χ1n) is 10.6. The minimum Gasteiger partial charge on any atom is -0.497 e. The van der Waals surface area contributed by atoms with E-state index in [-0.39, 0.29) is 6.10 Å². The molecule has 2 aromatic carbocycles. The lowest BCUT2D eigenvalue weighted by Crippen LogP contribution is -2.30. The molecule has 2 N–H and O–H groups in total. The second-order valence-corrected chi connectivity index (χ2v) is 8.21. The molecule has 0 heterocycles. The molecular weight excluding hydrogens is 380 g/mol. The predicted molar refractivity (Wildman–Crippen MR) is 117 cm³/mol. The van der Waals surface area contributed by atoms with Crippen molar-refractivity contribution in [1.29, 1.82) is 0 Å². The van der Waals surface area contributed by atoms with Gasteiger partial charge in [-0.3, -0.25) is 9.59 Å². The van der Waals surface area contributed by atoms with Crippen LogP contribution < -0.4 is 20.1 Å². The number of carbonyl (C=O) groups is 2. The maximum Gasteiger partial charge on any atom is 0.314 e. The third-order valence-electron chi connectivity index (χ3n) is 5.66.